The number of ether oxygens (including phenoxy) is 2. The van der Waals surface area contributed by atoms with Gasteiger partial charge in [-0.05, 0) is 28.8 Å². The maximum Gasteiger partial charge on any atom is 0.118 e. The van der Waals surface area contributed by atoms with E-state index in [1.165, 1.54) is 0 Å². The monoisotopic (exact) mass is 254 g/mol. The predicted molar refractivity (Wildman–Crippen MR) is 78.1 cm³/mol. The van der Waals surface area contributed by atoms with Crippen LogP contribution in [0.1, 0.15) is 11.1 Å². The molecule has 0 saturated heterocycles. The van der Waals surface area contributed by atoms with Crippen molar-refractivity contribution in [2.45, 2.75) is 6.61 Å². The van der Waals surface area contributed by atoms with Gasteiger partial charge in [-0.15, -0.1) is 0 Å². The largest absolute Gasteiger partial charge is 0.497 e. The van der Waals surface area contributed by atoms with Crippen molar-refractivity contribution in [2.24, 2.45) is 0 Å². The highest BCUT2D eigenvalue weighted by Crippen LogP contribution is 2.14. The molecule has 0 aliphatic heterocycles. The van der Waals surface area contributed by atoms with Crippen LogP contribution in [-0.2, 0) is 11.3 Å². The lowest BCUT2D eigenvalue weighted by atomic mass is 10.1. The molecule has 0 aliphatic rings. The lowest BCUT2D eigenvalue weighted by Gasteiger charge is -2.08. The first-order valence-corrected chi connectivity index (χ1v) is 6.23. The van der Waals surface area contributed by atoms with E-state index in [1.54, 1.807) is 7.11 Å². The third kappa shape index (κ3) is 3.97. The lowest BCUT2D eigenvalue weighted by molar-refractivity contribution is 0.153. The first kappa shape index (κ1) is 13.4. The summed E-state index contributed by atoms with van der Waals surface area (Å²) in [6, 6.07) is 18.0. The van der Waals surface area contributed by atoms with Gasteiger partial charge in [-0.2, -0.15) is 0 Å². The van der Waals surface area contributed by atoms with Crippen LogP contribution >= 0.6 is 0 Å². The summed E-state index contributed by atoms with van der Waals surface area (Å²) >= 11 is 0. The number of benzene rings is 2. The SMILES string of the molecule is C=C(COCc1ccc(OC)cc1)c1ccccc1. The summed E-state index contributed by atoms with van der Waals surface area (Å²) in [5, 5.41) is 0. The van der Waals surface area contributed by atoms with Crippen molar-refractivity contribution in [1.82, 2.24) is 0 Å². The van der Waals surface area contributed by atoms with Crippen molar-refractivity contribution in [1.29, 1.82) is 0 Å². The van der Waals surface area contributed by atoms with Crippen LogP contribution in [0.3, 0.4) is 0 Å². The van der Waals surface area contributed by atoms with Gasteiger partial charge in [-0.25, -0.2) is 0 Å². The van der Waals surface area contributed by atoms with E-state index in [9.17, 15) is 0 Å². The average Bonchev–Trinajstić information content (AvgIpc) is 2.49. The third-order valence-corrected chi connectivity index (χ3v) is 2.89. The van der Waals surface area contributed by atoms with Crippen LogP contribution in [-0.4, -0.2) is 13.7 Å². The molecule has 0 N–H and O–H groups in total. The highest BCUT2D eigenvalue weighted by atomic mass is 16.5. The Hall–Kier alpha value is -2.06. The Kier molecular flexibility index (Phi) is 4.76. The van der Waals surface area contributed by atoms with Gasteiger partial charge in [0, 0.05) is 0 Å². The fraction of sp³-hybridized carbons (Fsp3) is 0.176. The van der Waals surface area contributed by atoms with Crippen LogP contribution < -0.4 is 4.74 Å². The number of hydrogen-bond acceptors (Lipinski definition) is 2. The molecule has 98 valence electrons. The summed E-state index contributed by atoms with van der Waals surface area (Å²) in [7, 11) is 1.66. The van der Waals surface area contributed by atoms with E-state index in [-0.39, 0.29) is 0 Å². The Bertz CT molecular complexity index is 515. The molecule has 0 spiro atoms. The number of hydrogen-bond donors (Lipinski definition) is 0. The zero-order chi connectivity index (χ0) is 13.5. The molecule has 2 heteroatoms. The fourth-order valence-corrected chi connectivity index (χ4v) is 1.77. The Morgan fingerprint density at radius 3 is 2.32 bits per heavy atom. The molecule has 0 fully saturated rings. The van der Waals surface area contributed by atoms with E-state index in [2.05, 4.69) is 6.58 Å². The Morgan fingerprint density at radius 1 is 1.00 bits per heavy atom. The molecule has 0 unspecified atom stereocenters. The Labute approximate surface area is 114 Å². The molecule has 0 aliphatic carbocycles. The number of methoxy groups -OCH3 is 1. The maximum absolute atomic E-state index is 5.67. The minimum Gasteiger partial charge on any atom is -0.497 e. The molecule has 2 aromatic carbocycles. The highest BCUT2D eigenvalue weighted by molar-refractivity contribution is 5.63. The molecular weight excluding hydrogens is 236 g/mol. The Balaban J connectivity index is 1.81. The molecule has 0 bridgehead atoms. The predicted octanol–water partition coefficient (Wildman–Crippen LogP) is 3.93. The van der Waals surface area contributed by atoms with Gasteiger partial charge in [0.15, 0.2) is 0 Å². The van der Waals surface area contributed by atoms with Gasteiger partial charge in [-0.1, -0.05) is 49.0 Å². The van der Waals surface area contributed by atoms with Crippen molar-refractivity contribution in [3.05, 3.63) is 72.3 Å². The molecule has 2 aromatic rings. The smallest absolute Gasteiger partial charge is 0.118 e. The van der Waals surface area contributed by atoms with E-state index in [4.69, 9.17) is 9.47 Å². The summed E-state index contributed by atoms with van der Waals surface area (Å²) in [4.78, 5) is 0. The van der Waals surface area contributed by atoms with Gasteiger partial charge in [0.2, 0.25) is 0 Å². The van der Waals surface area contributed by atoms with Crippen LogP contribution in [0.15, 0.2) is 61.2 Å². The zero-order valence-corrected chi connectivity index (χ0v) is 11.1. The van der Waals surface area contributed by atoms with E-state index >= 15 is 0 Å². The van der Waals surface area contributed by atoms with E-state index in [0.717, 1.165) is 22.4 Å². The summed E-state index contributed by atoms with van der Waals surface area (Å²) in [6.45, 7) is 5.16. The van der Waals surface area contributed by atoms with Crippen molar-refractivity contribution < 1.29 is 9.47 Å². The third-order valence-electron chi connectivity index (χ3n) is 2.89. The second-order valence-corrected chi connectivity index (χ2v) is 4.31. The summed E-state index contributed by atoms with van der Waals surface area (Å²) in [6.07, 6.45) is 0. The second-order valence-electron chi connectivity index (χ2n) is 4.31. The Morgan fingerprint density at radius 2 is 1.68 bits per heavy atom. The molecule has 0 radical (unpaired) electrons. The molecule has 2 rings (SSSR count). The van der Waals surface area contributed by atoms with Gasteiger partial charge in [0.25, 0.3) is 0 Å². The zero-order valence-electron chi connectivity index (χ0n) is 11.1. The lowest BCUT2D eigenvalue weighted by Crippen LogP contribution is -1.97. The minimum absolute atomic E-state index is 0.538. The quantitative estimate of drug-likeness (QED) is 0.777. The molecule has 0 amide bonds. The van der Waals surface area contributed by atoms with E-state index < -0.39 is 0 Å². The maximum atomic E-state index is 5.67. The van der Waals surface area contributed by atoms with Crippen LogP contribution in [0.25, 0.3) is 5.57 Å². The molecular formula is C17H18O2. The van der Waals surface area contributed by atoms with E-state index in [0.29, 0.717) is 13.2 Å². The molecule has 2 nitrogen and oxygen atoms in total. The van der Waals surface area contributed by atoms with Crippen LogP contribution in [0, 0.1) is 0 Å². The average molecular weight is 254 g/mol. The number of rotatable bonds is 6. The molecule has 0 aromatic heterocycles. The van der Waals surface area contributed by atoms with Crippen molar-refractivity contribution in [3.8, 4) is 5.75 Å². The second kappa shape index (κ2) is 6.76. The van der Waals surface area contributed by atoms with Crippen LogP contribution in [0.2, 0.25) is 0 Å². The van der Waals surface area contributed by atoms with Gasteiger partial charge in [0.05, 0.1) is 20.3 Å². The standard InChI is InChI=1S/C17H18O2/c1-14(16-6-4-3-5-7-16)12-19-13-15-8-10-17(18-2)11-9-15/h3-11H,1,12-13H2,2H3. The first-order chi connectivity index (χ1) is 9.29. The van der Waals surface area contributed by atoms with Crippen molar-refractivity contribution in [2.75, 3.05) is 13.7 Å². The molecule has 0 heterocycles. The van der Waals surface area contributed by atoms with Crippen LogP contribution in [0.4, 0.5) is 0 Å². The van der Waals surface area contributed by atoms with Gasteiger partial charge < -0.3 is 9.47 Å². The molecule has 0 saturated carbocycles. The van der Waals surface area contributed by atoms with Crippen molar-refractivity contribution >= 4 is 5.57 Å². The highest BCUT2D eigenvalue weighted by Gasteiger charge is 1.99. The normalized spacial score (nSPS) is 10.2. The molecule has 19 heavy (non-hydrogen) atoms. The van der Waals surface area contributed by atoms with Crippen LogP contribution in [0.5, 0.6) is 5.75 Å². The topological polar surface area (TPSA) is 18.5 Å². The fourth-order valence-electron chi connectivity index (χ4n) is 1.77. The van der Waals surface area contributed by atoms with Crippen molar-refractivity contribution in [3.63, 3.8) is 0 Å². The first-order valence-electron chi connectivity index (χ1n) is 6.23. The minimum atomic E-state index is 0.538. The van der Waals surface area contributed by atoms with E-state index in [1.807, 2.05) is 54.6 Å². The van der Waals surface area contributed by atoms with Gasteiger partial charge in [0.1, 0.15) is 5.75 Å². The van der Waals surface area contributed by atoms with Gasteiger partial charge in [-0.3, -0.25) is 0 Å². The van der Waals surface area contributed by atoms with Gasteiger partial charge >= 0.3 is 0 Å². The summed E-state index contributed by atoms with van der Waals surface area (Å²) in [5.74, 6) is 0.859. The summed E-state index contributed by atoms with van der Waals surface area (Å²) in [5.41, 5.74) is 3.24. The molecule has 0 atom stereocenters. The summed E-state index contributed by atoms with van der Waals surface area (Å²) < 4.78 is 10.8.